The molecule has 6 nitrogen and oxygen atoms in total. The highest BCUT2D eigenvalue weighted by molar-refractivity contribution is 5.71. The van der Waals surface area contributed by atoms with Gasteiger partial charge in [-0.2, -0.15) is 0 Å². The zero-order chi connectivity index (χ0) is 55.0. The minimum atomic E-state index is -0.806. The molecule has 0 saturated carbocycles. The fourth-order valence-electron chi connectivity index (χ4n) is 7.52. The SMILES string of the molecule is CC/C=C\C/C=C\C/C=C\C/C=C\C/C=C\C/C=C\C/C=C\C/C=C\C/C=C\C/C=C\CCCCCCC(=O)OCC(COC(=O)CCCCCCCC)OC(=O)CCCCCC/C=C\C/C=C\C/C=C\C/C=C\CC. The van der Waals surface area contributed by atoms with Gasteiger partial charge in [0.25, 0.3) is 0 Å². The highest BCUT2D eigenvalue weighted by Gasteiger charge is 2.19. The van der Waals surface area contributed by atoms with Crippen molar-refractivity contribution in [3.05, 3.63) is 170 Å². The summed E-state index contributed by atoms with van der Waals surface area (Å²) < 4.78 is 16.7. The zero-order valence-corrected chi connectivity index (χ0v) is 48.4. The van der Waals surface area contributed by atoms with Gasteiger partial charge in [-0.1, -0.05) is 249 Å². The fourth-order valence-corrected chi connectivity index (χ4v) is 7.52. The Kier molecular flexibility index (Phi) is 58.0. The first-order valence-corrected chi connectivity index (χ1v) is 30.1. The second kappa shape index (κ2) is 62.3. The van der Waals surface area contributed by atoms with Crippen molar-refractivity contribution in [2.75, 3.05) is 13.2 Å². The molecule has 0 spiro atoms. The lowest BCUT2D eigenvalue weighted by Gasteiger charge is -2.18. The van der Waals surface area contributed by atoms with E-state index in [-0.39, 0.29) is 37.5 Å². The highest BCUT2D eigenvalue weighted by Crippen LogP contribution is 2.12. The number of esters is 3. The Morgan fingerprint density at radius 3 is 0.803 bits per heavy atom. The van der Waals surface area contributed by atoms with Crippen LogP contribution >= 0.6 is 0 Å². The van der Waals surface area contributed by atoms with E-state index in [0.29, 0.717) is 12.8 Å². The van der Waals surface area contributed by atoms with Crippen LogP contribution in [0.15, 0.2) is 170 Å². The van der Waals surface area contributed by atoms with Crippen molar-refractivity contribution in [1.82, 2.24) is 0 Å². The van der Waals surface area contributed by atoms with Gasteiger partial charge in [0.05, 0.1) is 0 Å². The number of hydrogen-bond acceptors (Lipinski definition) is 6. The van der Waals surface area contributed by atoms with Crippen LogP contribution in [0.25, 0.3) is 0 Å². The summed E-state index contributed by atoms with van der Waals surface area (Å²) in [5.74, 6) is -0.974. The average Bonchev–Trinajstić information content (AvgIpc) is 3.42. The maximum absolute atomic E-state index is 12.8. The van der Waals surface area contributed by atoms with Gasteiger partial charge in [0, 0.05) is 19.3 Å². The molecule has 0 bridgehead atoms. The number of ether oxygens (including phenoxy) is 3. The minimum absolute atomic E-state index is 0.103. The molecule has 0 aliphatic heterocycles. The molecule has 76 heavy (non-hydrogen) atoms. The van der Waals surface area contributed by atoms with E-state index in [1.807, 2.05) is 0 Å². The lowest BCUT2D eigenvalue weighted by Crippen LogP contribution is -2.30. The van der Waals surface area contributed by atoms with E-state index in [9.17, 15) is 14.4 Å². The zero-order valence-electron chi connectivity index (χ0n) is 48.4. The molecular formula is C70H108O6. The first-order chi connectivity index (χ1) is 37.5. The molecule has 0 rings (SSSR count). The molecule has 1 unspecified atom stereocenters. The monoisotopic (exact) mass is 1040 g/mol. The standard InChI is InChI=1S/C70H108O6/c1-4-7-10-13-16-18-20-22-24-26-27-28-29-30-31-32-33-34-35-36-37-38-39-40-41-42-43-45-46-48-50-52-54-57-60-63-69(72)75-66-67(65-74-68(71)62-59-56-15-12-9-6-3)76-70(73)64-61-58-55-53-51-49-47-44-25-23-21-19-17-14-11-8-5-2/h7-8,10-11,16-19,22-25,27-28,30-31,33-34,36-37,39-40,42-43,46-49,67H,4-6,9,12-15,20-21,26,29,32,35,38,41,44-45,50-66H2,1-3H3/b10-7-,11-8-,18-16-,19-17-,24-22-,25-23-,28-27-,31-30-,34-33-,37-36-,40-39-,43-42-,48-46-,49-47-. The van der Waals surface area contributed by atoms with E-state index in [1.54, 1.807) is 0 Å². The summed E-state index contributed by atoms with van der Waals surface area (Å²) in [4.78, 5) is 37.9. The Morgan fingerprint density at radius 1 is 0.276 bits per heavy atom. The van der Waals surface area contributed by atoms with Gasteiger partial charge in [0.2, 0.25) is 0 Å². The summed E-state index contributed by atoms with van der Waals surface area (Å²) in [7, 11) is 0. The van der Waals surface area contributed by atoms with Crippen molar-refractivity contribution in [1.29, 1.82) is 0 Å². The molecule has 0 radical (unpaired) electrons. The molecule has 424 valence electrons. The van der Waals surface area contributed by atoms with Crippen LogP contribution in [0.4, 0.5) is 0 Å². The summed E-state index contributed by atoms with van der Waals surface area (Å²) in [6.07, 6.45) is 92.4. The van der Waals surface area contributed by atoms with Gasteiger partial charge in [-0.3, -0.25) is 14.4 Å². The molecule has 0 heterocycles. The maximum atomic E-state index is 12.8. The first-order valence-electron chi connectivity index (χ1n) is 30.1. The van der Waals surface area contributed by atoms with E-state index in [2.05, 4.69) is 191 Å². The van der Waals surface area contributed by atoms with Crippen molar-refractivity contribution in [3.8, 4) is 0 Å². The lowest BCUT2D eigenvalue weighted by molar-refractivity contribution is -0.167. The Balaban J connectivity index is 4.22. The van der Waals surface area contributed by atoms with E-state index >= 15 is 0 Å². The summed E-state index contributed by atoms with van der Waals surface area (Å²) in [5.41, 5.74) is 0. The van der Waals surface area contributed by atoms with Gasteiger partial charge >= 0.3 is 17.9 Å². The van der Waals surface area contributed by atoms with Gasteiger partial charge in [-0.15, -0.1) is 0 Å². The molecule has 1 atom stereocenters. The van der Waals surface area contributed by atoms with Crippen LogP contribution < -0.4 is 0 Å². The first kappa shape index (κ1) is 70.8. The Morgan fingerprint density at radius 2 is 0.513 bits per heavy atom. The summed E-state index contributed by atoms with van der Waals surface area (Å²) in [6.45, 7) is 6.28. The number of allylic oxidation sites excluding steroid dienone is 28. The molecule has 0 aliphatic carbocycles. The van der Waals surface area contributed by atoms with Crippen LogP contribution in [-0.4, -0.2) is 37.2 Å². The van der Waals surface area contributed by atoms with Crippen LogP contribution in [-0.2, 0) is 28.6 Å². The van der Waals surface area contributed by atoms with Crippen LogP contribution in [0.3, 0.4) is 0 Å². The summed E-state index contributed by atoms with van der Waals surface area (Å²) in [5, 5.41) is 0. The number of carbonyl (C=O) groups is 3. The molecule has 0 fully saturated rings. The molecule has 0 N–H and O–H groups in total. The molecule has 0 aromatic carbocycles. The molecular weight excluding hydrogens is 937 g/mol. The van der Waals surface area contributed by atoms with Gasteiger partial charge in [-0.25, -0.2) is 0 Å². The third-order valence-corrected chi connectivity index (χ3v) is 12.0. The van der Waals surface area contributed by atoms with E-state index in [4.69, 9.17) is 14.2 Å². The van der Waals surface area contributed by atoms with E-state index < -0.39 is 6.10 Å². The Hall–Kier alpha value is -5.23. The van der Waals surface area contributed by atoms with Gasteiger partial charge in [0.1, 0.15) is 13.2 Å². The molecule has 0 aliphatic rings. The number of rotatable bonds is 52. The van der Waals surface area contributed by atoms with Crippen LogP contribution in [0.2, 0.25) is 0 Å². The fraction of sp³-hybridized carbons (Fsp3) is 0.557. The third kappa shape index (κ3) is 59.6. The van der Waals surface area contributed by atoms with Gasteiger partial charge in [-0.05, 0) is 135 Å². The second-order valence-corrected chi connectivity index (χ2v) is 19.1. The Bertz CT molecular complexity index is 1770. The summed E-state index contributed by atoms with van der Waals surface area (Å²) in [6, 6.07) is 0. The topological polar surface area (TPSA) is 78.9 Å². The van der Waals surface area contributed by atoms with Crippen molar-refractivity contribution < 1.29 is 28.6 Å². The van der Waals surface area contributed by atoms with Crippen molar-refractivity contribution in [2.24, 2.45) is 0 Å². The summed E-state index contributed by atoms with van der Waals surface area (Å²) >= 11 is 0. The molecule has 6 heteroatoms. The second-order valence-electron chi connectivity index (χ2n) is 19.1. The predicted molar refractivity (Wildman–Crippen MR) is 329 cm³/mol. The Labute approximate surface area is 466 Å². The number of hydrogen-bond donors (Lipinski definition) is 0. The highest BCUT2D eigenvalue weighted by atomic mass is 16.6. The lowest BCUT2D eigenvalue weighted by atomic mass is 10.1. The van der Waals surface area contributed by atoms with E-state index in [0.717, 1.165) is 173 Å². The number of carbonyl (C=O) groups excluding carboxylic acids is 3. The number of unbranched alkanes of at least 4 members (excludes halogenated alkanes) is 13. The normalized spacial score (nSPS) is 13.4. The van der Waals surface area contributed by atoms with Crippen LogP contribution in [0, 0.1) is 0 Å². The van der Waals surface area contributed by atoms with Gasteiger partial charge in [0.15, 0.2) is 6.10 Å². The molecule has 0 aromatic heterocycles. The largest absolute Gasteiger partial charge is 0.462 e. The van der Waals surface area contributed by atoms with Crippen LogP contribution in [0.1, 0.15) is 233 Å². The quantitative estimate of drug-likeness (QED) is 0.0261. The van der Waals surface area contributed by atoms with Crippen LogP contribution in [0.5, 0.6) is 0 Å². The average molecular weight is 1050 g/mol. The van der Waals surface area contributed by atoms with Crippen molar-refractivity contribution >= 4 is 17.9 Å². The molecule has 0 aromatic rings. The molecule has 0 amide bonds. The smallest absolute Gasteiger partial charge is 0.306 e. The van der Waals surface area contributed by atoms with Crippen molar-refractivity contribution in [3.63, 3.8) is 0 Å². The molecule has 0 saturated heterocycles. The minimum Gasteiger partial charge on any atom is -0.462 e. The van der Waals surface area contributed by atoms with E-state index in [1.165, 1.54) is 19.3 Å². The third-order valence-electron chi connectivity index (χ3n) is 12.0. The predicted octanol–water partition coefficient (Wildman–Crippen LogP) is 20.7. The van der Waals surface area contributed by atoms with Crippen molar-refractivity contribution in [2.45, 2.75) is 239 Å². The maximum Gasteiger partial charge on any atom is 0.306 e. The van der Waals surface area contributed by atoms with Gasteiger partial charge < -0.3 is 14.2 Å².